The Morgan fingerprint density at radius 3 is 2.86 bits per heavy atom. The van der Waals surface area contributed by atoms with E-state index in [1.54, 1.807) is 19.1 Å². The molecule has 2 heterocycles. The van der Waals surface area contributed by atoms with Crippen LogP contribution in [0.5, 0.6) is 5.75 Å². The van der Waals surface area contributed by atoms with E-state index in [1.807, 2.05) is 24.3 Å². The standard InChI is InChI=1S/C18H17BrN4O5/c1-12-10-17(23(25)26)21-22(12)9-8-20-18(24)16-7-6-13(28-16)11-27-15-5-3-2-4-14(15)19/h2-7,10H,8-9,11H2,1H3,(H,20,24). The molecule has 0 fully saturated rings. The zero-order chi connectivity index (χ0) is 20.1. The molecule has 1 aromatic carbocycles. The van der Waals surface area contributed by atoms with Gasteiger partial charge in [-0.3, -0.25) is 4.79 Å². The third kappa shape index (κ3) is 4.77. The fourth-order valence-electron chi connectivity index (χ4n) is 2.46. The molecule has 0 aliphatic rings. The van der Waals surface area contributed by atoms with Crippen LogP contribution in [0.3, 0.4) is 0 Å². The average Bonchev–Trinajstić information content (AvgIpc) is 3.28. The summed E-state index contributed by atoms with van der Waals surface area (Å²) in [4.78, 5) is 22.4. The molecule has 28 heavy (non-hydrogen) atoms. The van der Waals surface area contributed by atoms with Crippen LogP contribution in [0.1, 0.15) is 22.0 Å². The Kier molecular flexibility index (Phi) is 6.09. The van der Waals surface area contributed by atoms with Crippen LogP contribution in [0.15, 0.2) is 51.4 Å². The molecule has 10 heteroatoms. The average molecular weight is 449 g/mol. The lowest BCUT2D eigenvalue weighted by Crippen LogP contribution is -2.27. The van der Waals surface area contributed by atoms with E-state index in [1.165, 1.54) is 10.7 Å². The van der Waals surface area contributed by atoms with Gasteiger partial charge in [0, 0.05) is 6.54 Å². The van der Waals surface area contributed by atoms with Crippen LogP contribution in [0.2, 0.25) is 0 Å². The maximum absolute atomic E-state index is 12.2. The van der Waals surface area contributed by atoms with Gasteiger partial charge in [-0.2, -0.15) is 4.68 Å². The van der Waals surface area contributed by atoms with Crippen LogP contribution in [0.4, 0.5) is 5.82 Å². The van der Waals surface area contributed by atoms with Gasteiger partial charge < -0.3 is 24.6 Å². The predicted octanol–water partition coefficient (Wildman–Crippen LogP) is 3.46. The number of carbonyl (C=O) groups excluding carboxylic acids is 1. The summed E-state index contributed by atoms with van der Waals surface area (Å²) < 4.78 is 13.5. The van der Waals surface area contributed by atoms with E-state index in [9.17, 15) is 14.9 Å². The number of ether oxygens (including phenoxy) is 1. The molecule has 0 radical (unpaired) electrons. The monoisotopic (exact) mass is 448 g/mol. The van der Waals surface area contributed by atoms with Gasteiger partial charge in [0.1, 0.15) is 18.1 Å². The Morgan fingerprint density at radius 1 is 1.36 bits per heavy atom. The van der Waals surface area contributed by atoms with Crippen molar-refractivity contribution in [3.05, 3.63) is 74.3 Å². The third-order valence-electron chi connectivity index (χ3n) is 3.86. The van der Waals surface area contributed by atoms with E-state index < -0.39 is 4.92 Å². The zero-order valence-corrected chi connectivity index (χ0v) is 16.5. The molecule has 0 unspecified atom stereocenters. The highest BCUT2D eigenvalue weighted by molar-refractivity contribution is 9.10. The summed E-state index contributed by atoms with van der Waals surface area (Å²) >= 11 is 3.40. The summed E-state index contributed by atoms with van der Waals surface area (Å²) in [6.07, 6.45) is 0. The highest BCUT2D eigenvalue weighted by atomic mass is 79.9. The van der Waals surface area contributed by atoms with Crippen molar-refractivity contribution < 1.29 is 18.9 Å². The van der Waals surface area contributed by atoms with E-state index in [0.29, 0.717) is 23.7 Å². The first-order valence-electron chi connectivity index (χ1n) is 8.37. The number of amides is 1. The van der Waals surface area contributed by atoms with Gasteiger partial charge in [-0.25, -0.2) is 0 Å². The molecule has 3 rings (SSSR count). The van der Waals surface area contributed by atoms with Crippen LogP contribution in [-0.4, -0.2) is 27.2 Å². The number of nitrogens with one attached hydrogen (secondary N) is 1. The topological polar surface area (TPSA) is 112 Å². The second-order valence-electron chi connectivity index (χ2n) is 5.87. The number of nitrogens with zero attached hydrogens (tertiary/aromatic N) is 3. The number of halogens is 1. The smallest absolute Gasteiger partial charge is 0.390 e. The lowest BCUT2D eigenvalue weighted by molar-refractivity contribution is -0.389. The molecule has 0 saturated carbocycles. The molecule has 0 bridgehead atoms. The fourth-order valence-corrected chi connectivity index (χ4v) is 2.86. The fraction of sp³-hybridized carbons (Fsp3) is 0.222. The third-order valence-corrected chi connectivity index (χ3v) is 4.51. The molecular formula is C18H17BrN4O5. The van der Waals surface area contributed by atoms with Crippen LogP contribution in [-0.2, 0) is 13.2 Å². The number of hydrogen-bond acceptors (Lipinski definition) is 6. The molecule has 0 aliphatic carbocycles. The highest BCUT2D eigenvalue weighted by Crippen LogP contribution is 2.25. The number of aromatic nitrogens is 2. The van der Waals surface area contributed by atoms with Crippen LogP contribution < -0.4 is 10.1 Å². The molecule has 9 nitrogen and oxygen atoms in total. The number of nitro groups is 1. The van der Waals surface area contributed by atoms with Crippen molar-refractivity contribution in [1.82, 2.24) is 15.1 Å². The molecule has 3 aromatic rings. The van der Waals surface area contributed by atoms with E-state index in [0.717, 1.165) is 4.47 Å². The summed E-state index contributed by atoms with van der Waals surface area (Å²) in [5.74, 6) is 0.748. The van der Waals surface area contributed by atoms with Crippen molar-refractivity contribution in [3.63, 3.8) is 0 Å². The minimum absolute atomic E-state index is 0.161. The Morgan fingerprint density at radius 2 is 2.14 bits per heavy atom. The maximum atomic E-state index is 12.2. The maximum Gasteiger partial charge on any atom is 0.390 e. The minimum atomic E-state index is -0.553. The van der Waals surface area contributed by atoms with Crippen LogP contribution in [0.25, 0.3) is 0 Å². The molecule has 0 atom stereocenters. The number of para-hydroxylation sites is 1. The Bertz CT molecular complexity index is 998. The van der Waals surface area contributed by atoms with E-state index in [4.69, 9.17) is 9.15 Å². The molecule has 146 valence electrons. The number of benzene rings is 1. The minimum Gasteiger partial charge on any atom is -0.484 e. The van der Waals surface area contributed by atoms with Crippen molar-refractivity contribution in [2.24, 2.45) is 0 Å². The first-order valence-corrected chi connectivity index (χ1v) is 9.16. The lowest BCUT2D eigenvalue weighted by atomic mass is 10.3. The van der Waals surface area contributed by atoms with Crippen molar-refractivity contribution in [1.29, 1.82) is 0 Å². The van der Waals surface area contributed by atoms with Crippen molar-refractivity contribution in [3.8, 4) is 5.75 Å². The zero-order valence-electron chi connectivity index (χ0n) is 14.9. The normalized spacial score (nSPS) is 10.6. The van der Waals surface area contributed by atoms with Gasteiger partial charge >= 0.3 is 5.82 Å². The second kappa shape index (κ2) is 8.70. The lowest BCUT2D eigenvalue weighted by Gasteiger charge is -2.06. The number of furan rings is 1. The van der Waals surface area contributed by atoms with Gasteiger partial charge in [0.2, 0.25) is 0 Å². The summed E-state index contributed by atoms with van der Waals surface area (Å²) in [6.45, 7) is 2.46. The molecule has 0 aliphatic heterocycles. The molecule has 0 saturated heterocycles. The number of aryl methyl sites for hydroxylation is 1. The quantitative estimate of drug-likeness (QED) is 0.416. The SMILES string of the molecule is Cc1cc([N+](=O)[O-])nn1CCNC(=O)c1ccc(COc2ccccc2Br)o1. The summed E-state index contributed by atoms with van der Waals surface area (Å²) in [5, 5.41) is 17.3. The van der Waals surface area contributed by atoms with Crippen molar-refractivity contribution in [2.75, 3.05) is 6.54 Å². The number of rotatable bonds is 8. The molecule has 1 amide bonds. The molecule has 0 spiro atoms. The Hall–Kier alpha value is -3.14. The highest BCUT2D eigenvalue weighted by Gasteiger charge is 2.16. The van der Waals surface area contributed by atoms with Crippen LogP contribution >= 0.6 is 15.9 Å². The molecule has 1 N–H and O–H groups in total. The van der Waals surface area contributed by atoms with Gasteiger partial charge in [-0.05, 0) is 52.0 Å². The summed E-state index contributed by atoms with van der Waals surface area (Å²) in [7, 11) is 0. The first kappa shape index (κ1) is 19.6. The van der Waals surface area contributed by atoms with Gasteiger partial charge in [0.05, 0.1) is 27.9 Å². The number of carbonyl (C=O) groups is 1. The van der Waals surface area contributed by atoms with Gasteiger partial charge in [0.25, 0.3) is 5.91 Å². The van der Waals surface area contributed by atoms with E-state index in [-0.39, 0.29) is 30.6 Å². The van der Waals surface area contributed by atoms with Crippen molar-refractivity contribution in [2.45, 2.75) is 20.1 Å². The van der Waals surface area contributed by atoms with Gasteiger partial charge in [-0.1, -0.05) is 12.1 Å². The summed E-state index contributed by atoms with van der Waals surface area (Å²) in [5.41, 5.74) is 0.644. The van der Waals surface area contributed by atoms with E-state index in [2.05, 4.69) is 26.3 Å². The molecular weight excluding hydrogens is 432 g/mol. The summed E-state index contributed by atoms with van der Waals surface area (Å²) in [6, 6.07) is 12.1. The van der Waals surface area contributed by atoms with Gasteiger partial charge in [0.15, 0.2) is 5.76 Å². The number of hydrogen-bond donors (Lipinski definition) is 1. The van der Waals surface area contributed by atoms with Crippen molar-refractivity contribution >= 4 is 27.7 Å². The Balaban J connectivity index is 1.50. The largest absolute Gasteiger partial charge is 0.484 e. The predicted molar refractivity (Wildman–Crippen MR) is 103 cm³/mol. The van der Waals surface area contributed by atoms with Crippen LogP contribution in [0, 0.1) is 17.0 Å². The Labute approximate surface area is 168 Å². The first-order chi connectivity index (χ1) is 13.4. The van der Waals surface area contributed by atoms with E-state index >= 15 is 0 Å². The van der Waals surface area contributed by atoms with Gasteiger partial charge in [-0.15, -0.1) is 0 Å². The molecule has 2 aromatic heterocycles. The second-order valence-corrected chi connectivity index (χ2v) is 6.72.